The van der Waals surface area contributed by atoms with E-state index in [4.69, 9.17) is 9.47 Å². The monoisotopic (exact) mass is 346 g/mol. The number of ether oxygens (including phenoxy) is 2. The van der Waals surface area contributed by atoms with Gasteiger partial charge in [-0.1, -0.05) is 12.5 Å². The lowest BCUT2D eigenvalue weighted by molar-refractivity contribution is -0.135. The van der Waals surface area contributed by atoms with E-state index < -0.39 is 0 Å². The molecule has 1 atom stereocenters. The summed E-state index contributed by atoms with van der Waals surface area (Å²) in [7, 11) is 1.64. The summed E-state index contributed by atoms with van der Waals surface area (Å²) >= 11 is 0. The van der Waals surface area contributed by atoms with Crippen LogP contribution in [0, 0.1) is 5.92 Å². The predicted octanol–water partition coefficient (Wildman–Crippen LogP) is 1.77. The first-order chi connectivity index (χ1) is 12.2. The van der Waals surface area contributed by atoms with Crippen molar-refractivity contribution in [3.8, 4) is 11.5 Å². The molecule has 3 rings (SSSR count). The Hall–Kier alpha value is -2.24. The molecule has 2 heterocycles. The van der Waals surface area contributed by atoms with Gasteiger partial charge in [-0.25, -0.2) is 0 Å². The van der Waals surface area contributed by atoms with Crippen LogP contribution in [0.1, 0.15) is 31.2 Å². The molecule has 1 saturated heterocycles. The molecule has 1 fully saturated rings. The predicted molar refractivity (Wildman–Crippen MR) is 93.7 cm³/mol. The number of hydrogen-bond donors (Lipinski definition) is 1. The van der Waals surface area contributed by atoms with Gasteiger partial charge in [0.1, 0.15) is 11.5 Å². The molecule has 2 aliphatic rings. The summed E-state index contributed by atoms with van der Waals surface area (Å²) in [6, 6.07) is 5.83. The lowest BCUT2D eigenvalue weighted by Gasteiger charge is -2.26. The summed E-state index contributed by atoms with van der Waals surface area (Å²) < 4.78 is 11.0. The molecule has 25 heavy (non-hydrogen) atoms. The molecule has 0 saturated carbocycles. The number of rotatable bonds is 5. The maximum atomic E-state index is 12.2. The highest BCUT2D eigenvalue weighted by Crippen LogP contribution is 2.30. The van der Waals surface area contributed by atoms with E-state index in [2.05, 4.69) is 5.32 Å². The van der Waals surface area contributed by atoms with Crippen LogP contribution in [-0.4, -0.2) is 50.1 Å². The Labute approximate surface area is 148 Å². The first kappa shape index (κ1) is 17.6. The van der Waals surface area contributed by atoms with Gasteiger partial charge in [-0.2, -0.15) is 0 Å². The Balaban J connectivity index is 1.47. The minimum absolute atomic E-state index is 0.0872. The van der Waals surface area contributed by atoms with E-state index in [-0.39, 0.29) is 24.3 Å². The second-order valence-corrected chi connectivity index (χ2v) is 6.78. The van der Waals surface area contributed by atoms with E-state index in [1.54, 1.807) is 12.0 Å². The lowest BCUT2D eigenvalue weighted by Crippen LogP contribution is -2.43. The topological polar surface area (TPSA) is 67.9 Å². The van der Waals surface area contributed by atoms with Gasteiger partial charge in [-0.05, 0) is 30.9 Å². The molecule has 136 valence electrons. The Morgan fingerprint density at radius 1 is 1.36 bits per heavy atom. The molecule has 6 nitrogen and oxygen atoms in total. The maximum Gasteiger partial charge on any atom is 0.239 e. The zero-order chi connectivity index (χ0) is 17.6. The van der Waals surface area contributed by atoms with Crippen molar-refractivity contribution < 1.29 is 19.1 Å². The van der Waals surface area contributed by atoms with Crippen LogP contribution in [0.2, 0.25) is 0 Å². The van der Waals surface area contributed by atoms with Gasteiger partial charge in [0.15, 0.2) is 0 Å². The number of amides is 2. The first-order valence-electron chi connectivity index (χ1n) is 9.00. The Morgan fingerprint density at radius 2 is 2.24 bits per heavy atom. The van der Waals surface area contributed by atoms with Crippen molar-refractivity contribution in [1.29, 1.82) is 0 Å². The molecular weight excluding hydrogens is 320 g/mol. The van der Waals surface area contributed by atoms with Crippen LogP contribution in [-0.2, 0) is 16.0 Å². The van der Waals surface area contributed by atoms with E-state index in [0.717, 1.165) is 42.7 Å². The number of carbonyl (C=O) groups excluding carboxylic acids is 2. The summed E-state index contributed by atoms with van der Waals surface area (Å²) in [5, 5.41) is 2.96. The number of benzene rings is 1. The second kappa shape index (κ2) is 8.23. The molecule has 0 aromatic heterocycles. The van der Waals surface area contributed by atoms with Gasteiger partial charge >= 0.3 is 0 Å². The summed E-state index contributed by atoms with van der Waals surface area (Å²) in [6.07, 6.45) is 4.40. The zero-order valence-electron chi connectivity index (χ0n) is 14.8. The first-order valence-corrected chi connectivity index (χ1v) is 9.00. The standard InChI is InChI=1S/C19H26N2O4/c1-24-16-7-6-15-9-14(13-25-17(15)10-16)11-20-18(22)12-21-8-4-2-3-5-19(21)23/h6-7,10,14H,2-5,8-9,11-13H2,1H3,(H,20,22)/t14-/m1/s1. The van der Waals surface area contributed by atoms with Crippen LogP contribution < -0.4 is 14.8 Å². The molecule has 0 bridgehead atoms. The van der Waals surface area contributed by atoms with Gasteiger partial charge in [0.2, 0.25) is 11.8 Å². The third-order valence-corrected chi connectivity index (χ3v) is 4.85. The number of methoxy groups -OCH3 is 1. The summed E-state index contributed by atoms with van der Waals surface area (Å²) in [4.78, 5) is 25.8. The van der Waals surface area contributed by atoms with E-state index in [1.165, 1.54) is 0 Å². The Kier molecular flexibility index (Phi) is 5.79. The third kappa shape index (κ3) is 4.65. The minimum Gasteiger partial charge on any atom is -0.497 e. The molecule has 2 aliphatic heterocycles. The molecular formula is C19H26N2O4. The van der Waals surface area contributed by atoms with E-state index >= 15 is 0 Å². The molecule has 1 aromatic carbocycles. The zero-order valence-corrected chi connectivity index (χ0v) is 14.8. The summed E-state index contributed by atoms with van der Waals surface area (Å²) in [5.41, 5.74) is 1.13. The van der Waals surface area contributed by atoms with Gasteiger partial charge in [0.05, 0.1) is 20.3 Å². The molecule has 1 N–H and O–H groups in total. The minimum atomic E-state index is -0.0872. The van der Waals surface area contributed by atoms with E-state index in [9.17, 15) is 9.59 Å². The third-order valence-electron chi connectivity index (χ3n) is 4.85. The maximum absolute atomic E-state index is 12.2. The van der Waals surface area contributed by atoms with Crippen molar-refractivity contribution in [3.63, 3.8) is 0 Å². The second-order valence-electron chi connectivity index (χ2n) is 6.78. The smallest absolute Gasteiger partial charge is 0.239 e. The van der Waals surface area contributed by atoms with Gasteiger partial charge in [-0.3, -0.25) is 9.59 Å². The Morgan fingerprint density at radius 3 is 3.08 bits per heavy atom. The molecule has 0 spiro atoms. The number of nitrogens with zero attached hydrogens (tertiary/aromatic N) is 1. The van der Waals surface area contributed by atoms with Crippen molar-refractivity contribution in [3.05, 3.63) is 23.8 Å². The average molecular weight is 346 g/mol. The SMILES string of the molecule is COc1ccc2c(c1)OC[C@@H](CNC(=O)CN1CCCCCC1=O)C2. The van der Waals surface area contributed by atoms with Crippen LogP contribution in [0.4, 0.5) is 0 Å². The number of hydrogen-bond acceptors (Lipinski definition) is 4. The number of fused-ring (bicyclic) bond motifs is 1. The fourth-order valence-electron chi connectivity index (χ4n) is 3.37. The van der Waals surface area contributed by atoms with Crippen LogP contribution in [0.25, 0.3) is 0 Å². The molecule has 0 radical (unpaired) electrons. The molecule has 1 aromatic rings. The van der Waals surface area contributed by atoms with Crippen LogP contribution >= 0.6 is 0 Å². The summed E-state index contributed by atoms with van der Waals surface area (Å²) in [5.74, 6) is 1.89. The van der Waals surface area contributed by atoms with E-state index in [1.807, 2.05) is 18.2 Å². The van der Waals surface area contributed by atoms with Crippen molar-refractivity contribution in [2.24, 2.45) is 5.92 Å². The van der Waals surface area contributed by atoms with Crippen LogP contribution in [0.3, 0.4) is 0 Å². The van der Waals surface area contributed by atoms with Crippen LogP contribution in [0.15, 0.2) is 18.2 Å². The largest absolute Gasteiger partial charge is 0.497 e. The van der Waals surface area contributed by atoms with Crippen molar-refractivity contribution in [2.75, 3.05) is 33.4 Å². The van der Waals surface area contributed by atoms with Crippen molar-refractivity contribution in [1.82, 2.24) is 10.2 Å². The number of carbonyl (C=O) groups is 2. The van der Waals surface area contributed by atoms with E-state index in [0.29, 0.717) is 26.1 Å². The molecule has 0 aliphatic carbocycles. The van der Waals surface area contributed by atoms with Gasteiger partial charge < -0.3 is 19.7 Å². The van der Waals surface area contributed by atoms with Gasteiger partial charge in [0, 0.05) is 31.5 Å². The van der Waals surface area contributed by atoms with Gasteiger partial charge in [-0.15, -0.1) is 0 Å². The fraction of sp³-hybridized carbons (Fsp3) is 0.579. The summed E-state index contributed by atoms with van der Waals surface area (Å²) in [6.45, 7) is 1.99. The highest BCUT2D eigenvalue weighted by molar-refractivity contribution is 5.84. The fourth-order valence-corrected chi connectivity index (χ4v) is 3.37. The van der Waals surface area contributed by atoms with Gasteiger partial charge in [0.25, 0.3) is 0 Å². The van der Waals surface area contributed by atoms with Crippen LogP contribution in [0.5, 0.6) is 11.5 Å². The van der Waals surface area contributed by atoms with Crippen molar-refractivity contribution in [2.45, 2.75) is 32.1 Å². The quantitative estimate of drug-likeness (QED) is 0.882. The average Bonchev–Trinajstić information content (AvgIpc) is 2.84. The molecule has 0 unspecified atom stereocenters. The molecule has 2 amide bonds. The number of likely N-dealkylation sites (tertiary alicyclic amines) is 1. The highest BCUT2D eigenvalue weighted by atomic mass is 16.5. The van der Waals surface area contributed by atoms with Crippen molar-refractivity contribution >= 4 is 11.8 Å². The lowest BCUT2D eigenvalue weighted by atomic mass is 9.96. The Bertz CT molecular complexity index is 632. The molecule has 6 heteroatoms. The normalized spacial score (nSPS) is 20.3. The highest BCUT2D eigenvalue weighted by Gasteiger charge is 2.23. The number of nitrogens with one attached hydrogen (secondary N) is 1.